The van der Waals surface area contributed by atoms with Gasteiger partial charge in [0.15, 0.2) is 0 Å². The monoisotopic (exact) mass is 495 g/mol. The Kier molecular flexibility index (Phi) is 7.45. The number of carbonyl (C=O) groups is 3. The first-order valence-electron chi connectivity index (χ1n) is 13.2. The van der Waals surface area contributed by atoms with Gasteiger partial charge in [0.05, 0.1) is 5.41 Å². The summed E-state index contributed by atoms with van der Waals surface area (Å²) in [5, 5.41) is 0. The van der Waals surface area contributed by atoms with Gasteiger partial charge in [-0.15, -0.1) is 0 Å². The van der Waals surface area contributed by atoms with Crippen LogP contribution in [0.4, 0.5) is 0 Å². The Morgan fingerprint density at radius 2 is 1.57 bits per heavy atom. The lowest BCUT2D eigenvalue weighted by Crippen LogP contribution is -2.46. The van der Waals surface area contributed by atoms with Crippen LogP contribution in [0.2, 0.25) is 0 Å². The number of carbonyl (C=O) groups excluding carboxylic acids is 3. The Bertz CT molecular complexity index is 1220. The van der Waals surface area contributed by atoms with Crippen molar-refractivity contribution in [2.75, 3.05) is 19.6 Å². The Balaban J connectivity index is 1.28. The standard InChI is InChI=1S/C31H33N3O3/c35-28(33-18-14-25(15-19-33)21-24-9-3-1-4-10-24)22-31(26-11-5-2-6-12-26)23-29(36)34(30(31)37)20-16-27-13-7-8-17-32-27/h1-13,17,25H,14-16,18-23H2/t31-/m0/s1. The summed E-state index contributed by atoms with van der Waals surface area (Å²) >= 11 is 0. The molecule has 0 radical (unpaired) electrons. The smallest absolute Gasteiger partial charge is 0.240 e. The Morgan fingerprint density at radius 1 is 0.892 bits per heavy atom. The molecule has 0 saturated carbocycles. The van der Waals surface area contributed by atoms with Gasteiger partial charge >= 0.3 is 0 Å². The molecule has 2 aromatic carbocycles. The van der Waals surface area contributed by atoms with Gasteiger partial charge in [-0.25, -0.2) is 0 Å². The van der Waals surface area contributed by atoms with E-state index >= 15 is 0 Å². The van der Waals surface area contributed by atoms with Gasteiger partial charge in [0.2, 0.25) is 17.7 Å². The highest BCUT2D eigenvalue weighted by atomic mass is 16.2. The molecule has 2 aliphatic heterocycles. The molecule has 6 nitrogen and oxygen atoms in total. The first-order valence-corrected chi connectivity index (χ1v) is 13.2. The zero-order valence-electron chi connectivity index (χ0n) is 21.1. The summed E-state index contributed by atoms with van der Waals surface area (Å²) in [5.41, 5.74) is 1.74. The van der Waals surface area contributed by atoms with Crippen molar-refractivity contribution in [2.24, 2.45) is 5.92 Å². The van der Waals surface area contributed by atoms with Crippen molar-refractivity contribution in [3.05, 3.63) is 102 Å². The minimum atomic E-state index is -1.15. The third-order valence-corrected chi connectivity index (χ3v) is 7.84. The number of imide groups is 1. The van der Waals surface area contributed by atoms with Gasteiger partial charge in [0, 0.05) is 50.8 Å². The topological polar surface area (TPSA) is 70.6 Å². The molecule has 1 aromatic heterocycles. The van der Waals surface area contributed by atoms with Gasteiger partial charge < -0.3 is 4.90 Å². The normalized spacial score (nSPS) is 20.4. The molecule has 0 bridgehead atoms. The number of benzene rings is 2. The zero-order valence-corrected chi connectivity index (χ0v) is 21.1. The predicted molar refractivity (Wildman–Crippen MR) is 141 cm³/mol. The molecule has 2 aliphatic rings. The molecule has 0 unspecified atom stereocenters. The minimum Gasteiger partial charge on any atom is -0.343 e. The van der Waals surface area contributed by atoms with Crippen molar-refractivity contribution < 1.29 is 14.4 Å². The first-order chi connectivity index (χ1) is 18.0. The summed E-state index contributed by atoms with van der Waals surface area (Å²) < 4.78 is 0. The highest BCUT2D eigenvalue weighted by Gasteiger charge is 2.54. The molecule has 2 fully saturated rings. The van der Waals surface area contributed by atoms with Crippen LogP contribution >= 0.6 is 0 Å². The molecule has 37 heavy (non-hydrogen) atoms. The van der Waals surface area contributed by atoms with Gasteiger partial charge in [-0.1, -0.05) is 66.7 Å². The molecule has 3 heterocycles. The van der Waals surface area contributed by atoms with Crippen LogP contribution in [-0.4, -0.2) is 52.1 Å². The highest BCUT2D eigenvalue weighted by molar-refractivity contribution is 6.10. The maximum Gasteiger partial charge on any atom is 0.240 e. The van der Waals surface area contributed by atoms with Gasteiger partial charge in [0.25, 0.3) is 0 Å². The van der Waals surface area contributed by atoms with E-state index in [0.717, 1.165) is 30.5 Å². The summed E-state index contributed by atoms with van der Waals surface area (Å²) in [5.74, 6) is 0.00662. The van der Waals surface area contributed by atoms with E-state index in [9.17, 15) is 14.4 Å². The summed E-state index contributed by atoms with van der Waals surface area (Å²) in [6.07, 6.45) is 5.16. The van der Waals surface area contributed by atoms with Crippen molar-refractivity contribution in [1.82, 2.24) is 14.8 Å². The van der Waals surface area contributed by atoms with Gasteiger partial charge in [-0.3, -0.25) is 24.3 Å². The maximum atomic E-state index is 13.8. The van der Waals surface area contributed by atoms with Crippen LogP contribution in [0.5, 0.6) is 0 Å². The molecule has 1 atom stereocenters. The third-order valence-electron chi connectivity index (χ3n) is 7.84. The van der Waals surface area contributed by atoms with Crippen LogP contribution in [0.3, 0.4) is 0 Å². The number of amides is 3. The highest BCUT2D eigenvalue weighted by Crippen LogP contribution is 2.40. The minimum absolute atomic E-state index is 0.0189. The van der Waals surface area contributed by atoms with E-state index in [4.69, 9.17) is 0 Å². The van der Waals surface area contributed by atoms with Crippen LogP contribution in [-0.2, 0) is 32.6 Å². The second-order valence-electron chi connectivity index (χ2n) is 10.2. The van der Waals surface area contributed by atoms with Crippen LogP contribution in [0.1, 0.15) is 42.5 Å². The quantitative estimate of drug-likeness (QED) is 0.440. The number of rotatable bonds is 8. The number of likely N-dealkylation sites (tertiary alicyclic amines) is 2. The lowest BCUT2D eigenvalue weighted by atomic mass is 9.75. The maximum absolute atomic E-state index is 13.8. The van der Waals surface area contributed by atoms with E-state index in [0.29, 0.717) is 25.4 Å². The molecule has 3 aromatic rings. The van der Waals surface area contributed by atoms with E-state index in [1.165, 1.54) is 10.5 Å². The molecular formula is C31H33N3O3. The fourth-order valence-electron chi connectivity index (χ4n) is 5.73. The van der Waals surface area contributed by atoms with Gasteiger partial charge in [-0.2, -0.15) is 0 Å². The van der Waals surface area contributed by atoms with E-state index in [-0.39, 0.29) is 37.1 Å². The molecule has 5 rings (SSSR count). The van der Waals surface area contributed by atoms with E-state index < -0.39 is 5.41 Å². The van der Waals surface area contributed by atoms with Gasteiger partial charge in [0.1, 0.15) is 0 Å². The molecule has 3 amide bonds. The van der Waals surface area contributed by atoms with Crippen LogP contribution in [0, 0.1) is 5.92 Å². The van der Waals surface area contributed by atoms with Crippen molar-refractivity contribution in [1.29, 1.82) is 0 Å². The summed E-state index contributed by atoms with van der Waals surface area (Å²) in [7, 11) is 0. The number of nitrogens with zero attached hydrogens (tertiary/aromatic N) is 3. The summed E-state index contributed by atoms with van der Waals surface area (Å²) in [4.78, 5) is 48.1. The predicted octanol–water partition coefficient (Wildman–Crippen LogP) is 4.19. The fourth-order valence-corrected chi connectivity index (χ4v) is 5.73. The first kappa shape index (κ1) is 24.9. The van der Waals surface area contributed by atoms with E-state index in [1.54, 1.807) is 6.20 Å². The van der Waals surface area contributed by atoms with Gasteiger partial charge in [-0.05, 0) is 48.4 Å². The Hall–Kier alpha value is -3.80. The number of piperidine rings is 1. The largest absolute Gasteiger partial charge is 0.343 e. The second-order valence-corrected chi connectivity index (χ2v) is 10.2. The number of hydrogen-bond donors (Lipinski definition) is 0. The number of pyridine rings is 1. The molecule has 0 aliphatic carbocycles. The zero-order chi connectivity index (χ0) is 25.7. The summed E-state index contributed by atoms with van der Waals surface area (Å²) in [6.45, 7) is 1.64. The summed E-state index contributed by atoms with van der Waals surface area (Å²) in [6, 6.07) is 25.5. The van der Waals surface area contributed by atoms with E-state index in [1.807, 2.05) is 59.5 Å². The molecular weight excluding hydrogens is 462 g/mol. The second kappa shape index (κ2) is 11.1. The third kappa shape index (κ3) is 5.48. The van der Waals surface area contributed by atoms with Crippen molar-refractivity contribution >= 4 is 17.7 Å². The lowest BCUT2D eigenvalue weighted by molar-refractivity contribution is -0.143. The van der Waals surface area contributed by atoms with Crippen molar-refractivity contribution in [3.63, 3.8) is 0 Å². The molecule has 0 spiro atoms. The Morgan fingerprint density at radius 3 is 2.24 bits per heavy atom. The van der Waals surface area contributed by atoms with Crippen molar-refractivity contribution in [3.8, 4) is 0 Å². The number of aromatic nitrogens is 1. The van der Waals surface area contributed by atoms with Crippen molar-refractivity contribution in [2.45, 2.75) is 43.9 Å². The molecule has 0 N–H and O–H groups in total. The van der Waals surface area contributed by atoms with Crippen LogP contribution in [0.15, 0.2) is 85.1 Å². The average molecular weight is 496 g/mol. The van der Waals surface area contributed by atoms with Crippen LogP contribution < -0.4 is 0 Å². The SMILES string of the molecule is O=C(C[C@@]1(c2ccccc2)CC(=O)N(CCc2ccccn2)C1=O)N1CCC(Cc2ccccc2)CC1. The molecule has 6 heteroatoms. The van der Waals surface area contributed by atoms with Crippen LogP contribution in [0.25, 0.3) is 0 Å². The lowest BCUT2D eigenvalue weighted by Gasteiger charge is -2.35. The van der Waals surface area contributed by atoms with E-state index in [2.05, 4.69) is 29.2 Å². The number of hydrogen-bond acceptors (Lipinski definition) is 4. The molecule has 2 saturated heterocycles. The average Bonchev–Trinajstić information content (AvgIpc) is 3.18. The Labute approximate surface area is 218 Å². The molecule has 190 valence electrons. The fraction of sp³-hybridized carbons (Fsp3) is 0.355.